The molecule has 2 aromatic rings. The Morgan fingerprint density at radius 2 is 1.90 bits per heavy atom. The summed E-state index contributed by atoms with van der Waals surface area (Å²) in [6.45, 7) is 6.15. The van der Waals surface area contributed by atoms with E-state index in [4.69, 9.17) is 4.74 Å². The zero-order valence-corrected chi connectivity index (χ0v) is 15.6. The summed E-state index contributed by atoms with van der Waals surface area (Å²) in [5, 5.41) is 3.42. The lowest BCUT2D eigenvalue weighted by Crippen LogP contribution is -2.02. The van der Waals surface area contributed by atoms with Crippen molar-refractivity contribution in [2.24, 2.45) is 0 Å². The third-order valence-corrected chi connectivity index (χ3v) is 6.03. The molecule has 0 bridgehead atoms. The van der Waals surface area contributed by atoms with Crippen molar-refractivity contribution in [3.8, 4) is 5.75 Å². The predicted octanol–water partition coefficient (Wildman–Crippen LogP) is 5.13. The van der Waals surface area contributed by atoms with Gasteiger partial charge in [-0.25, -0.2) is 4.98 Å². The largest absolute Gasteiger partial charge is 0.496 e. The van der Waals surface area contributed by atoms with Crippen LogP contribution in [0.4, 0.5) is 11.5 Å². The molecule has 0 aliphatic rings. The van der Waals surface area contributed by atoms with Gasteiger partial charge in [0.25, 0.3) is 0 Å². The number of halogens is 2. The third-order valence-electron chi connectivity index (χ3n) is 3.22. The first-order valence-electron chi connectivity index (χ1n) is 6.17. The van der Waals surface area contributed by atoms with Crippen LogP contribution in [0.3, 0.4) is 0 Å². The molecule has 0 aliphatic heterocycles. The van der Waals surface area contributed by atoms with E-state index in [1.54, 1.807) is 7.11 Å². The molecule has 1 heterocycles. The Kier molecular flexibility index (Phi) is 4.90. The van der Waals surface area contributed by atoms with Crippen molar-refractivity contribution in [3.05, 3.63) is 43.1 Å². The molecular formula is C15H16BrIN2O. The quantitative estimate of drug-likeness (QED) is 0.664. The molecule has 1 N–H and O–H groups in total. The number of aryl methyl sites for hydroxylation is 2. The topological polar surface area (TPSA) is 34.1 Å². The fourth-order valence-corrected chi connectivity index (χ4v) is 2.99. The average Bonchev–Trinajstić information content (AvgIpc) is 2.43. The number of ether oxygens (including phenoxy) is 1. The number of hydrogen-bond acceptors (Lipinski definition) is 3. The number of nitrogens with zero attached hydrogens (tertiary/aromatic N) is 1. The Bertz CT molecular complexity index is 659. The van der Waals surface area contributed by atoms with Gasteiger partial charge in [-0.3, -0.25) is 0 Å². The molecule has 0 fully saturated rings. The summed E-state index contributed by atoms with van der Waals surface area (Å²) in [6.07, 6.45) is 1.86. The third kappa shape index (κ3) is 2.93. The Labute approximate surface area is 141 Å². The minimum absolute atomic E-state index is 0.850. The van der Waals surface area contributed by atoms with Crippen LogP contribution in [0.2, 0.25) is 0 Å². The van der Waals surface area contributed by atoms with Crippen molar-refractivity contribution >= 4 is 50.0 Å². The Morgan fingerprint density at radius 1 is 1.20 bits per heavy atom. The number of rotatable bonds is 3. The highest BCUT2D eigenvalue weighted by molar-refractivity contribution is 14.1. The zero-order chi connectivity index (χ0) is 14.9. The van der Waals surface area contributed by atoms with E-state index in [0.717, 1.165) is 42.0 Å². The monoisotopic (exact) mass is 446 g/mol. The highest BCUT2D eigenvalue weighted by Crippen LogP contribution is 2.34. The number of benzene rings is 1. The predicted molar refractivity (Wildman–Crippen MR) is 95.1 cm³/mol. The molecule has 1 aromatic carbocycles. The fraction of sp³-hybridized carbons (Fsp3) is 0.267. The van der Waals surface area contributed by atoms with Crippen LogP contribution in [0.5, 0.6) is 5.75 Å². The Balaban J connectivity index is 2.48. The molecule has 5 heteroatoms. The van der Waals surface area contributed by atoms with Crippen molar-refractivity contribution in [2.45, 2.75) is 20.8 Å². The van der Waals surface area contributed by atoms with Crippen molar-refractivity contribution in [1.29, 1.82) is 0 Å². The average molecular weight is 447 g/mol. The maximum atomic E-state index is 5.38. The molecule has 0 unspecified atom stereocenters. The summed E-state index contributed by atoms with van der Waals surface area (Å²) in [4.78, 5) is 4.48. The van der Waals surface area contributed by atoms with Gasteiger partial charge in [0.05, 0.1) is 10.7 Å². The lowest BCUT2D eigenvalue weighted by atomic mass is 10.1. The molecule has 0 aliphatic carbocycles. The molecular weight excluding hydrogens is 431 g/mol. The Morgan fingerprint density at radius 3 is 2.55 bits per heavy atom. The van der Waals surface area contributed by atoms with Gasteiger partial charge >= 0.3 is 0 Å². The van der Waals surface area contributed by atoms with Gasteiger partial charge in [0.2, 0.25) is 0 Å². The number of methoxy groups -OCH3 is 1. The summed E-state index contributed by atoms with van der Waals surface area (Å²) in [6, 6.07) is 4.03. The first-order chi connectivity index (χ1) is 9.45. The van der Waals surface area contributed by atoms with E-state index in [-0.39, 0.29) is 0 Å². The second kappa shape index (κ2) is 6.30. The zero-order valence-electron chi connectivity index (χ0n) is 11.8. The van der Waals surface area contributed by atoms with Gasteiger partial charge in [-0.2, -0.15) is 0 Å². The minimum Gasteiger partial charge on any atom is -0.496 e. The summed E-state index contributed by atoms with van der Waals surface area (Å²) in [7, 11) is 1.69. The van der Waals surface area contributed by atoms with Crippen LogP contribution in [0.25, 0.3) is 0 Å². The van der Waals surface area contributed by atoms with Crippen LogP contribution in [0.15, 0.2) is 22.8 Å². The molecule has 0 saturated carbocycles. The molecule has 20 heavy (non-hydrogen) atoms. The minimum atomic E-state index is 0.850. The highest BCUT2D eigenvalue weighted by atomic mass is 127. The number of pyridine rings is 1. The number of aromatic nitrogens is 1. The molecule has 2 rings (SSSR count). The van der Waals surface area contributed by atoms with Crippen molar-refractivity contribution < 1.29 is 4.74 Å². The molecule has 0 amide bonds. The van der Waals surface area contributed by atoms with Gasteiger partial charge in [0.1, 0.15) is 11.6 Å². The number of nitrogens with one attached hydrogen (secondary N) is 1. The van der Waals surface area contributed by atoms with E-state index < -0.39 is 0 Å². The van der Waals surface area contributed by atoms with E-state index >= 15 is 0 Å². The second-order valence-electron chi connectivity index (χ2n) is 4.63. The van der Waals surface area contributed by atoms with Gasteiger partial charge in [0.15, 0.2) is 0 Å². The molecule has 3 nitrogen and oxygen atoms in total. The van der Waals surface area contributed by atoms with E-state index in [1.165, 1.54) is 0 Å². The Hall–Kier alpha value is -0.820. The molecule has 0 radical (unpaired) electrons. The van der Waals surface area contributed by atoms with Gasteiger partial charge in [0, 0.05) is 21.9 Å². The fourth-order valence-electron chi connectivity index (χ4n) is 2.00. The van der Waals surface area contributed by atoms with Crippen LogP contribution >= 0.6 is 38.5 Å². The maximum absolute atomic E-state index is 5.38. The smallest absolute Gasteiger partial charge is 0.144 e. The van der Waals surface area contributed by atoms with Gasteiger partial charge in [-0.15, -0.1) is 0 Å². The van der Waals surface area contributed by atoms with Crippen LogP contribution in [-0.4, -0.2) is 12.1 Å². The molecule has 106 valence electrons. The van der Waals surface area contributed by atoms with Gasteiger partial charge < -0.3 is 10.1 Å². The summed E-state index contributed by atoms with van der Waals surface area (Å²) in [5.74, 6) is 1.72. The first-order valence-corrected chi connectivity index (χ1v) is 8.04. The summed E-state index contributed by atoms with van der Waals surface area (Å²) >= 11 is 5.89. The van der Waals surface area contributed by atoms with Crippen LogP contribution < -0.4 is 10.1 Å². The van der Waals surface area contributed by atoms with E-state index in [1.807, 2.05) is 32.2 Å². The second-order valence-corrected chi connectivity index (χ2v) is 6.50. The standard InChI is InChI=1S/C15H16BrIN2O/c1-8-5-6-11(20-4)10(3)14(8)19-15-13(17)12(16)9(2)7-18-15/h5-7H,1-4H3,(H,18,19). The lowest BCUT2D eigenvalue weighted by Gasteiger charge is -2.16. The number of anilines is 2. The van der Waals surface area contributed by atoms with Gasteiger partial charge in [-0.05, 0) is 76.5 Å². The number of hydrogen-bond donors (Lipinski definition) is 1. The normalized spacial score (nSPS) is 10.5. The van der Waals surface area contributed by atoms with E-state index in [2.05, 4.69) is 55.7 Å². The van der Waals surface area contributed by atoms with Crippen LogP contribution in [0.1, 0.15) is 16.7 Å². The molecule has 0 spiro atoms. The van der Waals surface area contributed by atoms with Crippen LogP contribution in [-0.2, 0) is 0 Å². The SMILES string of the molecule is COc1ccc(C)c(Nc2ncc(C)c(Br)c2I)c1C. The van der Waals surface area contributed by atoms with Crippen molar-refractivity contribution in [2.75, 3.05) is 12.4 Å². The maximum Gasteiger partial charge on any atom is 0.144 e. The van der Waals surface area contributed by atoms with E-state index in [9.17, 15) is 0 Å². The lowest BCUT2D eigenvalue weighted by molar-refractivity contribution is 0.412. The van der Waals surface area contributed by atoms with Crippen molar-refractivity contribution in [1.82, 2.24) is 4.98 Å². The van der Waals surface area contributed by atoms with Gasteiger partial charge in [-0.1, -0.05) is 6.07 Å². The first kappa shape index (κ1) is 15.6. The molecule has 0 saturated heterocycles. The molecule has 1 aromatic heterocycles. The summed E-state index contributed by atoms with van der Waals surface area (Å²) < 4.78 is 7.53. The molecule has 0 atom stereocenters. The highest BCUT2D eigenvalue weighted by Gasteiger charge is 2.12. The summed E-state index contributed by atoms with van der Waals surface area (Å²) in [5.41, 5.74) is 4.42. The van der Waals surface area contributed by atoms with Crippen molar-refractivity contribution in [3.63, 3.8) is 0 Å². The van der Waals surface area contributed by atoms with E-state index in [0.29, 0.717) is 0 Å². The van der Waals surface area contributed by atoms with Crippen LogP contribution in [0, 0.1) is 24.3 Å².